The van der Waals surface area contributed by atoms with Crippen LogP contribution in [0.25, 0.3) is 0 Å². The van der Waals surface area contributed by atoms with Crippen LogP contribution in [0.1, 0.15) is 49.1 Å². The van der Waals surface area contributed by atoms with Crippen LogP contribution in [0.5, 0.6) is 0 Å². The highest BCUT2D eigenvalue weighted by Gasteiger charge is 2.22. The Labute approximate surface area is 107 Å². The summed E-state index contributed by atoms with van der Waals surface area (Å²) in [7, 11) is 0. The molecule has 0 spiro atoms. The fourth-order valence-corrected chi connectivity index (χ4v) is 1.78. The molecular weight excluding hydrogens is 232 g/mol. The van der Waals surface area contributed by atoms with E-state index in [0.29, 0.717) is 18.3 Å². The van der Waals surface area contributed by atoms with Crippen LogP contribution in [0.2, 0.25) is 0 Å². The Hall–Kier alpha value is -1.43. The van der Waals surface area contributed by atoms with E-state index in [2.05, 4.69) is 22.6 Å². The average Bonchev–Trinajstić information content (AvgIpc) is 2.75. The Morgan fingerprint density at radius 1 is 1.50 bits per heavy atom. The van der Waals surface area contributed by atoms with E-state index in [-0.39, 0.29) is 5.97 Å². The number of nitrogens with one attached hydrogen (secondary N) is 1. The molecule has 0 saturated carbocycles. The van der Waals surface area contributed by atoms with Crippen molar-refractivity contribution in [3.8, 4) is 0 Å². The Morgan fingerprint density at radius 3 is 3.00 bits per heavy atom. The van der Waals surface area contributed by atoms with Crippen molar-refractivity contribution < 1.29 is 9.53 Å². The van der Waals surface area contributed by atoms with Crippen LogP contribution < -0.4 is 5.32 Å². The molecule has 1 aliphatic heterocycles. The summed E-state index contributed by atoms with van der Waals surface area (Å²) < 4.78 is 6.88. The molecule has 0 bridgehead atoms. The predicted molar refractivity (Wildman–Crippen MR) is 66.4 cm³/mol. The third kappa shape index (κ3) is 3.29. The molecule has 1 saturated heterocycles. The third-order valence-corrected chi connectivity index (χ3v) is 3.08. The molecule has 1 N–H and O–H groups in total. The molecule has 0 aliphatic carbocycles. The van der Waals surface area contributed by atoms with E-state index in [1.165, 1.54) is 12.8 Å². The second-order valence-electron chi connectivity index (χ2n) is 4.59. The molecule has 1 aromatic heterocycles. The molecule has 100 valence electrons. The monoisotopic (exact) mass is 252 g/mol. The van der Waals surface area contributed by atoms with Crippen molar-refractivity contribution in [3.63, 3.8) is 0 Å². The number of rotatable bonds is 7. The highest BCUT2D eigenvalue weighted by molar-refractivity contribution is 5.86. The van der Waals surface area contributed by atoms with Crippen molar-refractivity contribution in [2.24, 2.45) is 0 Å². The van der Waals surface area contributed by atoms with Gasteiger partial charge in [-0.2, -0.15) is 0 Å². The fraction of sp³-hybridized carbons (Fsp3) is 0.750. The van der Waals surface area contributed by atoms with Crippen LogP contribution in [-0.4, -0.2) is 40.7 Å². The van der Waals surface area contributed by atoms with Crippen LogP contribution in [0, 0.1) is 0 Å². The van der Waals surface area contributed by atoms with E-state index >= 15 is 0 Å². The second-order valence-corrected chi connectivity index (χ2v) is 4.59. The molecule has 18 heavy (non-hydrogen) atoms. The van der Waals surface area contributed by atoms with Gasteiger partial charge in [-0.1, -0.05) is 31.4 Å². The number of hydrogen-bond acceptors (Lipinski definition) is 5. The maximum atomic E-state index is 11.7. The van der Waals surface area contributed by atoms with E-state index in [0.717, 1.165) is 25.9 Å². The normalized spacial score (nSPS) is 15.4. The minimum absolute atomic E-state index is 0.303. The van der Waals surface area contributed by atoms with Gasteiger partial charge in [-0.3, -0.25) is 0 Å². The van der Waals surface area contributed by atoms with E-state index < -0.39 is 0 Å². The summed E-state index contributed by atoms with van der Waals surface area (Å²) in [5.74, 6) is -0.370. The fourth-order valence-electron chi connectivity index (χ4n) is 1.78. The Bertz CT molecular complexity index is 387. The molecule has 1 fully saturated rings. The summed E-state index contributed by atoms with van der Waals surface area (Å²) >= 11 is 0. The summed E-state index contributed by atoms with van der Waals surface area (Å²) in [6.07, 6.45) is 6.05. The second kappa shape index (κ2) is 6.49. The van der Waals surface area contributed by atoms with E-state index in [1.807, 2.05) is 0 Å². The predicted octanol–water partition coefficient (Wildman–Crippen LogP) is 1.16. The van der Waals surface area contributed by atoms with Crippen molar-refractivity contribution in [3.05, 3.63) is 11.9 Å². The first-order chi connectivity index (χ1) is 8.81. The van der Waals surface area contributed by atoms with E-state index in [1.54, 1.807) is 10.9 Å². The maximum Gasteiger partial charge on any atom is 0.360 e. The number of carbonyl (C=O) groups is 1. The number of nitrogens with zero attached hydrogens (tertiary/aromatic N) is 3. The molecule has 0 radical (unpaired) electrons. The van der Waals surface area contributed by atoms with Crippen LogP contribution in [0.4, 0.5) is 0 Å². The average molecular weight is 252 g/mol. The number of esters is 1. The topological polar surface area (TPSA) is 69.0 Å². The van der Waals surface area contributed by atoms with Gasteiger partial charge in [-0.15, -0.1) is 5.10 Å². The van der Waals surface area contributed by atoms with Gasteiger partial charge >= 0.3 is 5.97 Å². The molecule has 2 heterocycles. The van der Waals surface area contributed by atoms with Gasteiger partial charge in [0.2, 0.25) is 0 Å². The minimum Gasteiger partial charge on any atom is -0.461 e. The van der Waals surface area contributed by atoms with Gasteiger partial charge in [0, 0.05) is 13.1 Å². The highest BCUT2D eigenvalue weighted by Crippen LogP contribution is 2.10. The van der Waals surface area contributed by atoms with Crippen LogP contribution >= 0.6 is 0 Å². The molecule has 6 nitrogen and oxygen atoms in total. The summed E-state index contributed by atoms with van der Waals surface area (Å²) in [5.41, 5.74) is 0.303. The van der Waals surface area contributed by atoms with Gasteiger partial charge in [0.1, 0.15) is 0 Å². The lowest BCUT2D eigenvalue weighted by Crippen LogP contribution is -2.43. The zero-order valence-corrected chi connectivity index (χ0v) is 10.8. The Kier molecular flexibility index (Phi) is 4.69. The lowest BCUT2D eigenvalue weighted by molar-refractivity contribution is 0.0490. The minimum atomic E-state index is -0.370. The van der Waals surface area contributed by atoms with E-state index in [9.17, 15) is 4.79 Å². The molecule has 1 aromatic rings. The maximum absolute atomic E-state index is 11.7. The molecule has 6 heteroatoms. The number of hydrogen-bond donors (Lipinski definition) is 1. The Morgan fingerprint density at radius 2 is 2.33 bits per heavy atom. The Balaban J connectivity index is 1.72. The van der Waals surface area contributed by atoms with E-state index in [4.69, 9.17) is 4.74 Å². The van der Waals surface area contributed by atoms with Gasteiger partial charge in [-0.05, 0) is 6.42 Å². The largest absolute Gasteiger partial charge is 0.461 e. The molecule has 0 unspecified atom stereocenters. The summed E-state index contributed by atoms with van der Waals surface area (Å²) in [6.45, 7) is 4.39. The van der Waals surface area contributed by atoms with Crippen LogP contribution in [0.15, 0.2) is 6.20 Å². The summed E-state index contributed by atoms with van der Waals surface area (Å²) in [6, 6.07) is 0.323. The van der Waals surface area contributed by atoms with Gasteiger partial charge in [0.15, 0.2) is 5.69 Å². The SMILES string of the molecule is CCCCCCOC(=O)c1cn(C2CNC2)nn1. The molecule has 0 atom stereocenters. The van der Waals surface area contributed by atoms with Crippen molar-refractivity contribution >= 4 is 5.97 Å². The van der Waals surface area contributed by atoms with Crippen LogP contribution in [-0.2, 0) is 4.74 Å². The molecule has 2 rings (SSSR count). The van der Waals surface area contributed by atoms with Gasteiger partial charge in [-0.25, -0.2) is 9.48 Å². The standard InChI is InChI=1S/C12H20N4O2/c1-2-3-4-5-6-18-12(17)11-9-16(15-14-11)10-7-13-8-10/h9-10,13H,2-8H2,1H3. The summed E-state index contributed by atoms with van der Waals surface area (Å²) in [4.78, 5) is 11.7. The van der Waals surface area contributed by atoms with Crippen molar-refractivity contribution in [2.45, 2.75) is 38.6 Å². The molecule has 0 amide bonds. The first-order valence-corrected chi connectivity index (χ1v) is 6.61. The first kappa shape index (κ1) is 13.0. The summed E-state index contributed by atoms with van der Waals surface area (Å²) in [5, 5.41) is 10.9. The smallest absolute Gasteiger partial charge is 0.360 e. The molecule has 1 aliphatic rings. The van der Waals surface area contributed by atoms with Crippen molar-refractivity contribution in [2.75, 3.05) is 19.7 Å². The molecule has 0 aromatic carbocycles. The van der Waals surface area contributed by atoms with Gasteiger partial charge < -0.3 is 10.1 Å². The number of unbranched alkanes of at least 4 members (excludes halogenated alkanes) is 3. The van der Waals surface area contributed by atoms with Gasteiger partial charge in [0.05, 0.1) is 18.8 Å². The van der Waals surface area contributed by atoms with Crippen molar-refractivity contribution in [1.82, 2.24) is 20.3 Å². The lowest BCUT2D eigenvalue weighted by Gasteiger charge is -2.26. The zero-order valence-electron chi connectivity index (χ0n) is 10.8. The number of carbonyl (C=O) groups excluding carboxylic acids is 1. The highest BCUT2D eigenvalue weighted by atomic mass is 16.5. The number of ether oxygens (including phenoxy) is 1. The zero-order chi connectivity index (χ0) is 12.8. The first-order valence-electron chi connectivity index (χ1n) is 6.61. The number of aromatic nitrogens is 3. The van der Waals surface area contributed by atoms with Crippen molar-refractivity contribution in [1.29, 1.82) is 0 Å². The molecular formula is C12H20N4O2. The lowest BCUT2D eigenvalue weighted by atomic mass is 10.2. The third-order valence-electron chi connectivity index (χ3n) is 3.08. The van der Waals surface area contributed by atoms with Gasteiger partial charge in [0.25, 0.3) is 0 Å². The quantitative estimate of drug-likeness (QED) is 0.582. The van der Waals surface area contributed by atoms with Crippen LogP contribution in [0.3, 0.4) is 0 Å².